The topological polar surface area (TPSA) is 97.1 Å². The molecule has 0 aliphatic heterocycles. The molecule has 2 aliphatic carbocycles. The van der Waals surface area contributed by atoms with Gasteiger partial charge in [0.05, 0.1) is 32.8 Å². The van der Waals surface area contributed by atoms with Crippen LogP contribution in [0.4, 0.5) is 0 Å². The molecule has 2 amide bonds. The maximum Gasteiger partial charge on any atom is 0.272 e. The van der Waals surface area contributed by atoms with Crippen LogP contribution in [0.1, 0.15) is 43.2 Å². The molecule has 8 rings (SSSR count). The van der Waals surface area contributed by atoms with E-state index in [1.54, 1.807) is 33.6 Å². The third-order valence-corrected chi connectivity index (χ3v) is 10.6. The van der Waals surface area contributed by atoms with Gasteiger partial charge in [0.25, 0.3) is 11.8 Å². The van der Waals surface area contributed by atoms with Crippen LogP contribution in [-0.4, -0.2) is 69.5 Å². The van der Waals surface area contributed by atoms with E-state index in [0.717, 1.165) is 44.8 Å². The minimum atomic E-state index is -0.263. The lowest BCUT2D eigenvalue weighted by molar-refractivity contribution is 0.0942. The Kier molecular flexibility index (Phi) is 9.32. The number of nitrogens with zero attached hydrogens (tertiary/aromatic N) is 5. The van der Waals surface area contributed by atoms with Crippen molar-refractivity contribution >= 4 is 58.2 Å². The zero-order chi connectivity index (χ0) is 36.1. The van der Waals surface area contributed by atoms with Gasteiger partial charge in [0.15, 0.2) is 11.4 Å². The first-order valence-corrected chi connectivity index (χ1v) is 18.2. The van der Waals surface area contributed by atoms with Gasteiger partial charge >= 0.3 is 0 Å². The first-order valence-electron chi connectivity index (χ1n) is 16.7. The number of rotatable bonds is 10. The summed E-state index contributed by atoms with van der Waals surface area (Å²) in [7, 11) is 1.94. The fourth-order valence-corrected chi connectivity index (χ4v) is 7.98. The second kappa shape index (κ2) is 14.1. The van der Waals surface area contributed by atoms with E-state index in [1.807, 2.05) is 60.5 Å². The Morgan fingerprint density at radius 2 is 1.08 bits per heavy atom. The number of benzene rings is 4. The number of fused-ring (bicyclic) bond motifs is 6. The average molecular weight is 772 g/mol. The highest BCUT2D eigenvalue weighted by Crippen LogP contribution is 2.42. The van der Waals surface area contributed by atoms with Crippen molar-refractivity contribution in [1.82, 2.24) is 35.1 Å². The van der Waals surface area contributed by atoms with Crippen molar-refractivity contribution in [3.8, 4) is 33.9 Å². The molecular formula is C39H31Cl4N7O2. The van der Waals surface area contributed by atoms with E-state index in [2.05, 4.69) is 22.8 Å². The first-order chi connectivity index (χ1) is 25.2. The molecule has 0 atom stereocenters. The van der Waals surface area contributed by atoms with E-state index in [0.29, 0.717) is 81.9 Å². The summed E-state index contributed by atoms with van der Waals surface area (Å²) in [6, 6.07) is 26.6. The molecule has 0 unspecified atom stereocenters. The van der Waals surface area contributed by atoms with E-state index >= 15 is 0 Å². The SMILES string of the molecule is CN(CCNC(=O)c1nn(-c2ccc(Cl)cc2Cl)c2c1Cc1ccccc1-2)CCNC(=O)c1nn(-c2ccc(Cl)cc2Cl)c2c1Cc1ccccc1-2. The largest absolute Gasteiger partial charge is 0.349 e. The minimum Gasteiger partial charge on any atom is -0.349 e. The van der Waals surface area contributed by atoms with Crippen LogP contribution in [-0.2, 0) is 12.8 Å². The summed E-state index contributed by atoms with van der Waals surface area (Å²) in [6.45, 7) is 1.89. The van der Waals surface area contributed by atoms with E-state index in [1.165, 1.54) is 0 Å². The quantitative estimate of drug-likeness (QED) is 0.147. The molecule has 2 heterocycles. The number of hydrogen-bond acceptors (Lipinski definition) is 5. The highest BCUT2D eigenvalue weighted by atomic mass is 35.5. The van der Waals surface area contributed by atoms with Gasteiger partial charge in [-0.1, -0.05) is 94.9 Å². The Hall–Kier alpha value is -4.64. The van der Waals surface area contributed by atoms with Gasteiger partial charge < -0.3 is 15.5 Å². The van der Waals surface area contributed by atoms with Crippen LogP contribution in [0.3, 0.4) is 0 Å². The van der Waals surface area contributed by atoms with E-state index < -0.39 is 0 Å². The van der Waals surface area contributed by atoms with Gasteiger partial charge in [-0.05, 0) is 54.6 Å². The van der Waals surface area contributed by atoms with Crippen LogP contribution < -0.4 is 10.6 Å². The van der Waals surface area contributed by atoms with Gasteiger partial charge in [0.2, 0.25) is 0 Å². The van der Waals surface area contributed by atoms with Crippen molar-refractivity contribution < 1.29 is 9.59 Å². The zero-order valence-corrected chi connectivity index (χ0v) is 30.9. The molecular weight excluding hydrogens is 740 g/mol. The van der Waals surface area contributed by atoms with E-state index in [-0.39, 0.29) is 11.8 Å². The molecule has 9 nitrogen and oxygen atoms in total. The molecule has 0 radical (unpaired) electrons. The number of aromatic nitrogens is 4. The maximum absolute atomic E-state index is 13.6. The molecule has 0 saturated carbocycles. The summed E-state index contributed by atoms with van der Waals surface area (Å²) in [5.41, 5.74) is 9.74. The summed E-state index contributed by atoms with van der Waals surface area (Å²) in [5, 5.41) is 17.5. The lowest BCUT2D eigenvalue weighted by Gasteiger charge is -2.17. The van der Waals surface area contributed by atoms with Gasteiger partial charge in [0, 0.05) is 71.3 Å². The lowest BCUT2D eigenvalue weighted by Crippen LogP contribution is -2.38. The lowest BCUT2D eigenvalue weighted by atomic mass is 10.1. The van der Waals surface area contributed by atoms with Crippen molar-refractivity contribution in [3.05, 3.63) is 139 Å². The number of likely N-dealkylation sites (N-methyl/N-ethyl adjacent to an activating group) is 1. The van der Waals surface area contributed by atoms with Crippen LogP contribution in [0, 0.1) is 0 Å². The molecule has 0 bridgehead atoms. The minimum absolute atomic E-state index is 0.263. The summed E-state index contributed by atoms with van der Waals surface area (Å²) in [4.78, 5) is 29.2. The molecule has 52 heavy (non-hydrogen) atoms. The van der Waals surface area contributed by atoms with Crippen LogP contribution in [0.15, 0.2) is 84.9 Å². The number of hydrogen-bond donors (Lipinski definition) is 2. The molecule has 2 aromatic heterocycles. The second-order valence-electron chi connectivity index (χ2n) is 12.8. The Morgan fingerprint density at radius 3 is 1.50 bits per heavy atom. The summed E-state index contributed by atoms with van der Waals surface area (Å²) in [6.07, 6.45) is 1.19. The number of carbonyl (C=O) groups is 2. The molecule has 2 aliphatic rings. The molecule has 0 fully saturated rings. The number of halogens is 4. The van der Waals surface area contributed by atoms with Gasteiger partial charge in [-0.15, -0.1) is 0 Å². The number of amides is 2. The molecule has 4 aromatic carbocycles. The molecule has 6 aromatic rings. The Bertz CT molecular complexity index is 2240. The van der Waals surface area contributed by atoms with Crippen LogP contribution in [0.2, 0.25) is 20.1 Å². The third-order valence-electron chi connectivity index (χ3n) is 9.51. The van der Waals surface area contributed by atoms with Crippen LogP contribution in [0.25, 0.3) is 33.9 Å². The predicted octanol–water partition coefficient (Wildman–Crippen LogP) is 7.91. The van der Waals surface area contributed by atoms with Gasteiger partial charge in [-0.2, -0.15) is 10.2 Å². The number of carbonyl (C=O) groups excluding carboxylic acids is 2. The Morgan fingerprint density at radius 1 is 0.654 bits per heavy atom. The number of nitrogens with one attached hydrogen (secondary N) is 2. The maximum atomic E-state index is 13.6. The zero-order valence-electron chi connectivity index (χ0n) is 27.9. The van der Waals surface area contributed by atoms with Crippen molar-refractivity contribution in [3.63, 3.8) is 0 Å². The van der Waals surface area contributed by atoms with Gasteiger partial charge in [-0.25, -0.2) is 9.36 Å². The van der Waals surface area contributed by atoms with Crippen molar-refractivity contribution in [1.29, 1.82) is 0 Å². The molecule has 0 saturated heterocycles. The average Bonchev–Trinajstić information content (AvgIpc) is 3.87. The Labute approximate surface area is 320 Å². The highest BCUT2D eigenvalue weighted by Gasteiger charge is 2.33. The standard InChI is InChI=1S/C39H31Cl4N7O2/c1-48(16-14-44-38(51)34-28-18-22-6-2-4-8-26(22)36(28)49(46-34)32-12-10-24(40)20-30(32)42)17-15-45-39(52)35-29-19-23-7-3-5-9-27(23)37(29)50(47-35)33-13-11-25(41)21-31(33)43/h2-13,20-21H,14-19H2,1H3,(H,44,51)(H,45,52). The Balaban J connectivity index is 0.915. The molecule has 13 heteroatoms. The van der Waals surface area contributed by atoms with Gasteiger partial charge in [0.1, 0.15) is 0 Å². The van der Waals surface area contributed by atoms with E-state index in [4.69, 9.17) is 56.6 Å². The fraction of sp³-hybridized carbons (Fsp3) is 0.179. The summed E-state index contributed by atoms with van der Waals surface area (Å²) in [5.74, 6) is -0.526. The predicted molar refractivity (Wildman–Crippen MR) is 206 cm³/mol. The first kappa shape index (κ1) is 34.4. The summed E-state index contributed by atoms with van der Waals surface area (Å²) >= 11 is 25.5. The van der Waals surface area contributed by atoms with Crippen molar-refractivity contribution in [2.24, 2.45) is 0 Å². The van der Waals surface area contributed by atoms with E-state index in [9.17, 15) is 9.59 Å². The van der Waals surface area contributed by atoms with Crippen LogP contribution >= 0.6 is 46.4 Å². The van der Waals surface area contributed by atoms with Crippen molar-refractivity contribution in [2.45, 2.75) is 12.8 Å². The second-order valence-corrected chi connectivity index (χ2v) is 14.5. The molecule has 2 N–H and O–H groups in total. The smallest absolute Gasteiger partial charge is 0.272 e. The summed E-state index contributed by atoms with van der Waals surface area (Å²) < 4.78 is 3.48. The van der Waals surface area contributed by atoms with Gasteiger partial charge in [-0.3, -0.25) is 9.59 Å². The molecule has 0 spiro atoms. The third kappa shape index (κ3) is 6.27. The van der Waals surface area contributed by atoms with Crippen molar-refractivity contribution in [2.75, 3.05) is 33.2 Å². The normalized spacial score (nSPS) is 12.4. The monoisotopic (exact) mass is 769 g/mol. The molecule has 262 valence electrons. The highest BCUT2D eigenvalue weighted by molar-refractivity contribution is 6.36. The van der Waals surface area contributed by atoms with Crippen LogP contribution in [0.5, 0.6) is 0 Å². The fourth-order valence-electron chi connectivity index (χ4n) is 7.00.